The van der Waals surface area contributed by atoms with Crippen LogP contribution in [0.5, 0.6) is 0 Å². The first-order valence-electron chi connectivity index (χ1n) is 4.37. The summed E-state index contributed by atoms with van der Waals surface area (Å²) in [5, 5.41) is 7.66. The van der Waals surface area contributed by atoms with Crippen molar-refractivity contribution in [2.45, 2.75) is 17.8 Å². The summed E-state index contributed by atoms with van der Waals surface area (Å²) in [6.45, 7) is 0. The molecular weight excluding hydrogens is 241 g/mol. The van der Waals surface area contributed by atoms with E-state index in [4.69, 9.17) is 5.11 Å². The molecule has 16 heavy (non-hydrogen) atoms. The molecule has 0 bridgehead atoms. The van der Waals surface area contributed by atoms with Crippen LogP contribution in [-0.4, -0.2) is 16.3 Å². The Kier molecular flexibility index (Phi) is 3.85. The van der Waals surface area contributed by atoms with E-state index < -0.39 is 23.0 Å². The lowest BCUT2D eigenvalue weighted by Gasteiger charge is -2.08. The number of hydrogen-bond donors (Lipinski definition) is 2. The largest absolute Gasteiger partial charge is 0.480 e. The Labute approximate surface area is 95.5 Å². The predicted octanol–water partition coefficient (Wildman–Crippen LogP) is 2.63. The highest BCUT2D eigenvalue weighted by molar-refractivity contribution is 7.81. The van der Waals surface area contributed by atoms with Gasteiger partial charge in [0, 0.05) is 0 Å². The second-order valence-electron chi connectivity index (χ2n) is 3.25. The Morgan fingerprint density at radius 2 is 1.81 bits per heavy atom. The minimum atomic E-state index is -4.37. The summed E-state index contributed by atoms with van der Waals surface area (Å²) in [5.41, 5.74) is -0.238. The van der Waals surface area contributed by atoms with E-state index in [0.717, 1.165) is 12.1 Å². The first kappa shape index (κ1) is 12.9. The van der Waals surface area contributed by atoms with E-state index in [1.807, 2.05) is 0 Å². The minimum Gasteiger partial charge on any atom is -0.480 e. The minimum absolute atomic E-state index is 0.0938. The van der Waals surface area contributed by atoms with E-state index in [9.17, 15) is 18.0 Å². The summed E-state index contributed by atoms with van der Waals surface area (Å²) >= 11 is 3.80. The highest BCUT2D eigenvalue weighted by atomic mass is 32.1. The Morgan fingerprint density at radius 1 is 1.31 bits per heavy atom. The molecule has 0 aromatic heterocycles. The number of thiol groups is 1. The zero-order valence-corrected chi connectivity index (χ0v) is 8.92. The van der Waals surface area contributed by atoms with E-state index >= 15 is 0 Å². The summed E-state index contributed by atoms with van der Waals surface area (Å²) in [5.74, 6) is -1.09. The second-order valence-corrected chi connectivity index (χ2v) is 3.88. The zero-order valence-electron chi connectivity index (χ0n) is 8.03. The summed E-state index contributed by atoms with van der Waals surface area (Å²) in [4.78, 5) is 10.5. The van der Waals surface area contributed by atoms with Gasteiger partial charge in [-0.25, -0.2) is 0 Å². The molecule has 0 radical (unpaired) electrons. The lowest BCUT2D eigenvalue weighted by molar-refractivity contribution is -0.138. The van der Waals surface area contributed by atoms with Gasteiger partial charge < -0.3 is 5.11 Å². The number of carbonyl (C=O) groups is 1. The van der Waals surface area contributed by atoms with E-state index in [2.05, 4.69) is 12.6 Å². The quantitative estimate of drug-likeness (QED) is 0.809. The zero-order chi connectivity index (χ0) is 12.3. The van der Waals surface area contributed by atoms with Crippen LogP contribution in [0.1, 0.15) is 11.1 Å². The lowest BCUT2D eigenvalue weighted by Crippen LogP contribution is -2.16. The average Bonchev–Trinajstić information content (AvgIpc) is 2.17. The van der Waals surface area contributed by atoms with Gasteiger partial charge in [0.25, 0.3) is 0 Å². The van der Waals surface area contributed by atoms with Crippen LogP contribution in [0, 0.1) is 0 Å². The maximum absolute atomic E-state index is 12.2. The molecule has 2 nitrogen and oxygen atoms in total. The fourth-order valence-electron chi connectivity index (χ4n) is 1.14. The lowest BCUT2D eigenvalue weighted by atomic mass is 10.1. The molecule has 0 saturated carbocycles. The molecule has 0 saturated heterocycles. The van der Waals surface area contributed by atoms with Crippen LogP contribution in [-0.2, 0) is 17.4 Å². The highest BCUT2D eigenvalue weighted by Crippen LogP contribution is 2.29. The highest BCUT2D eigenvalue weighted by Gasteiger charge is 2.30. The van der Waals surface area contributed by atoms with Crippen molar-refractivity contribution in [1.82, 2.24) is 0 Å². The molecule has 0 aliphatic heterocycles. The van der Waals surface area contributed by atoms with Crippen LogP contribution >= 0.6 is 12.6 Å². The van der Waals surface area contributed by atoms with Crippen LogP contribution in [0.15, 0.2) is 24.3 Å². The van der Waals surface area contributed by atoms with Gasteiger partial charge in [-0.05, 0) is 24.1 Å². The van der Waals surface area contributed by atoms with Crippen LogP contribution in [0.3, 0.4) is 0 Å². The molecule has 0 spiro atoms. The van der Waals surface area contributed by atoms with Crippen LogP contribution in [0.25, 0.3) is 0 Å². The number of carboxylic acids is 1. The average molecular weight is 250 g/mol. The molecule has 0 amide bonds. The molecule has 1 rings (SSSR count). The Hall–Kier alpha value is -1.17. The molecule has 0 aliphatic rings. The molecule has 1 aromatic rings. The van der Waals surface area contributed by atoms with Crippen LogP contribution < -0.4 is 0 Å². The van der Waals surface area contributed by atoms with Crippen LogP contribution in [0.4, 0.5) is 13.2 Å². The van der Waals surface area contributed by atoms with Gasteiger partial charge in [0.15, 0.2) is 0 Å². The number of halogens is 3. The maximum atomic E-state index is 12.2. The van der Waals surface area contributed by atoms with E-state index in [0.29, 0.717) is 5.56 Å². The van der Waals surface area contributed by atoms with Crippen molar-refractivity contribution in [1.29, 1.82) is 0 Å². The first-order valence-corrected chi connectivity index (χ1v) is 4.89. The molecule has 0 fully saturated rings. The summed E-state index contributed by atoms with van der Waals surface area (Å²) in [6.07, 6.45) is -4.28. The molecule has 1 aromatic carbocycles. The number of aliphatic carboxylic acids is 1. The van der Waals surface area contributed by atoms with Gasteiger partial charge in [-0.15, -0.1) is 0 Å². The smallest absolute Gasteiger partial charge is 0.416 e. The van der Waals surface area contributed by atoms with Crippen molar-refractivity contribution < 1.29 is 23.1 Å². The van der Waals surface area contributed by atoms with Gasteiger partial charge in [-0.1, -0.05) is 12.1 Å². The van der Waals surface area contributed by atoms with Gasteiger partial charge in [-0.3, -0.25) is 4.79 Å². The maximum Gasteiger partial charge on any atom is 0.416 e. The van der Waals surface area contributed by atoms with Crippen LogP contribution in [0.2, 0.25) is 0 Å². The molecule has 0 heterocycles. The molecule has 6 heteroatoms. The van der Waals surface area contributed by atoms with Gasteiger partial charge in [-0.2, -0.15) is 25.8 Å². The normalized spacial score (nSPS) is 13.5. The Bertz CT molecular complexity index is 373. The summed E-state index contributed by atoms with van der Waals surface area (Å²) < 4.78 is 36.6. The third kappa shape index (κ3) is 3.44. The molecular formula is C10H9F3O2S. The topological polar surface area (TPSA) is 37.3 Å². The first-order chi connectivity index (χ1) is 7.30. The standard InChI is InChI=1S/C10H9F3O2S/c11-10(12,13)7-3-1-6(2-4-7)5-8(16)9(14)15/h1-4,8,16H,5H2,(H,14,15). The predicted molar refractivity (Wildman–Crippen MR) is 55.6 cm³/mol. The van der Waals surface area contributed by atoms with E-state index in [1.165, 1.54) is 12.1 Å². The third-order valence-electron chi connectivity index (χ3n) is 2.00. The number of hydrogen-bond acceptors (Lipinski definition) is 2. The molecule has 1 unspecified atom stereocenters. The van der Waals surface area contributed by atoms with Crippen molar-refractivity contribution in [3.8, 4) is 0 Å². The fourth-order valence-corrected chi connectivity index (χ4v) is 1.35. The van der Waals surface area contributed by atoms with Gasteiger partial charge in [0.1, 0.15) is 5.25 Å². The Morgan fingerprint density at radius 3 is 2.19 bits per heavy atom. The monoisotopic (exact) mass is 250 g/mol. The summed E-state index contributed by atoms with van der Waals surface area (Å²) in [6, 6.07) is 4.37. The van der Waals surface area contributed by atoms with Crippen molar-refractivity contribution in [3.05, 3.63) is 35.4 Å². The molecule has 88 valence electrons. The van der Waals surface area contributed by atoms with Gasteiger partial charge in [0.05, 0.1) is 5.56 Å². The number of carboxylic acid groups (broad SMARTS) is 1. The molecule has 0 aliphatic carbocycles. The molecule has 1 atom stereocenters. The van der Waals surface area contributed by atoms with Gasteiger partial charge >= 0.3 is 12.1 Å². The SMILES string of the molecule is O=C(O)C(S)Cc1ccc(C(F)(F)F)cc1. The number of rotatable bonds is 3. The second kappa shape index (κ2) is 4.78. The number of alkyl halides is 3. The van der Waals surface area contributed by atoms with Crippen molar-refractivity contribution >= 4 is 18.6 Å². The van der Waals surface area contributed by atoms with Crippen molar-refractivity contribution in [3.63, 3.8) is 0 Å². The number of benzene rings is 1. The third-order valence-corrected chi connectivity index (χ3v) is 2.40. The fraction of sp³-hybridized carbons (Fsp3) is 0.300. The van der Waals surface area contributed by atoms with Crippen molar-refractivity contribution in [2.24, 2.45) is 0 Å². The van der Waals surface area contributed by atoms with E-state index in [1.54, 1.807) is 0 Å². The molecule has 1 N–H and O–H groups in total. The van der Waals surface area contributed by atoms with Gasteiger partial charge in [0.2, 0.25) is 0 Å². The van der Waals surface area contributed by atoms with E-state index in [-0.39, 0.29) is 6.42 Å². The summed E-state index contributed by atoms with van der Waals surface area (Å²) in [7, 11) is 0. The Balaban J connectivity index is 2.76. The van der Waals surface area contributed by atoms with Crippen molar-refractivity contribution in [2.75, 3.05) is 0 Å².